The normalized spacial score (nSPS) is 20.0. The lowest BCUT2D eigenvalue weighted by atomic mass is 10.1. The van der Waals surface area contributed by atoms with Crippen LogP contribution in [0.2, 0.25) is 0 Å². The van der Waals surface area contributed by atoms with Crippen LogP contribution in [0, 0.1) is 5.92 Å². The lowest BCUT2D eigenvalue weighted by Gasteiger charge is -2.15. The third-order valence-corrected chi connectivity index (χ3v) is 4.32. The summed E-state index contributed by atoms with van der Waals surface area (Å²) in [7, 11) is 1.60. The number of carbonyl (C=O) groups excluding carboxylic acids is 1. The van der Waals surface area contributed by atoms with Gasteiger partial charge in [-0.1, -0.05) is 42.5 Å². The maximum absolute atomic E-state index is 12.4. The maximum Gasteiger partial charge on any atom is 0.330 e. The number of carboxylic acid groups (broad SMARTS) is 1. The molecule has 124 valence electrons. The molecule has 1 aliphatic rings. The van der Waals surface area contributed by atoms with Crippen molar-refractivity contribution in [2.75, 3.05) is 7.11 Å². The van der Waals surface area contributed by atoms with Gasteiger partial charge >= 0.3 is 5.97 Å². The highest BCUT2D eigenvalue weighted by Gasteiger charge is 2.45. The van der Waals surface area contributed by atoms with E-state index in [1.165, 1.54) is 0 Å². The third-order valence-electron chi connectivity index (χ3n) is 4.32. The Kier molecular flexibility index (Phi) is 4.51. The Morgan fingerprint density at radius 3 is 2.58 bits per heavy atom. The van der Waals surface area contributed by atoms with Crippen LogP contribution in [0.3, 0.4) is 0 Å². The van der Waals surface area contributed by atoms with E-state index in [9.17, 15) is 14.7 Å². The molecule has 0 radical (unpaired) electrons. The van der Waals surface area contributed by atoms with E-state index in [1.54, 1.807) is 31.4 Å². The molecule has 0 bridgehead atoms. The van der Waals surface area contributed by atoms with Gasteiger partial charge in [0.25, 0.3) is 0 Å². The highest BCUT2D eigenvalue weighted by atomic mass is 16.5. The van der Waals surface area contributed by atoms with Gasteiger partial charge in [0.05, 0.1) is 7.11 Å². The van der Waals surface area contributed by atoms with Crippen LogP contribution in [0.25, 0.3) is 0 Å². The highest BCUT2D eigenvalue weighted by molar-refractivity contribution is 5.88. The summed E-state index contributed by atoms with van der Waals surface area (Å²) >= 11 is 0. The number of carbonyl (C=O) groups is 2. The van der Waals surface area contributed by atoms with Crippen LogP contribution in [0.1, 0.15) is 29.5 Å². The number of aliphatic carboxylic acids is 1. The summed E-state index contributed by atoms with van der Waals surface area (Å²) in [6.45, 7) is 0. The maximum atomic E-state index is 12.4. The van der Waals surface area contributed by atoms with E-state index in [-0.39, 0.29) is 17.7 Å². The van der Waals surface area contributed by atoms with E-state index in [0.29, 0.717) is 5.56 Å². The van der Waals surface area contributed by atoms with Crippen molar-refractivity contribution in [3.05, 3.63) is 65.7 Å². The van der Waals surface area contributed by atoms with Crippen molar-refractivity contribution in [1.29, 1.82) is 0 Å². The molecule has 5 nitrogen and oxygen atoms in total. The number of nitrogens with one attached hydrogen (secondary N) is 1. The first-order valence-electron chi connectivity index (χ1n) is 7.82. The molecule has 1 amide bonds. The van der Waals surface area contributed by atoms with E-state index in [4.69, 9.17) is 4.74 Å². The number of amides is 1. The van der Waals surface area contributed by atoms with Crippen LogP contribution in [0.5, 0.6) is 5.75 Å². The Balaban J connectivity index is 1.68. The minimum absolute atomic E-state index is 0.116. The Labute approximate surface area is 140 Å². The van der Waals surface area contributed by atoms with E-state index in [0.717, 1.165) is 17.7 Å². The first-order valence-corrected chi connectivity index (χ1v) is 7.82. The number of ether oxygens (including phenoxy) is 1. The first kappa shape index (κ1) is 16.1. The molecule has 3 unspecified atom stereocenters. The first-order chi connectivity index (χ1) is 11.6. The summed E-state index contributed by atoms with van der Waals surface area (Å²) in [6.07, 6.45) is 0.722. The number of hydrogen-bond donors (Lipinski definition) is 2. The SMILES string of the molecule is COc1cccc(C2CC2C(=O)NC(C(=O)O)c2ccccc2)c1. The average Bonchev–Trinajstić information content (AvgIpc) is 3.41. The molecular weight excluding hydrogens is 306 g/mol. The Morgan fingerprint density at radius 1 is 1.17 bits per heavy atom. The molecule has 2 N–H and O–H groups in total. The minimum atomic E-state index is -1.06. The second-order valence-electron chi connectivity index (χ2n) is 5.92. The minimum Gasteiger partial charge on any atom is -0.497 e. The van der Waals surface area contributed by atoms with Gasteiger partial charge in [0.2, 0.25) is 5.91 Å². The fourth-order valence-corrected chi connectivity index (χ4v) is 2.91. The van der Waals surface area contributed by atoms with Crippen LogP contribution in [-0.4, -0.2) is 24.1 Å². The van der Waals surface area contributed by atoms with Gasteiger partial charge in [-0.25, -0.2) is 4.79 Å². The Bertz CT molecular complexity index is 744. The molecule has 2 aromatic carbocycles. The van der Waals surface area contributed by atoms with Crippen LogP contribution in [0.4, 0.5) is 0 Å². The smallest absolute Gasteiger partial charge is 0.330 e. The van der Waals surface area contributed by atoms with E-state index in [1.807, 2.05) is 30.3 Å². The number of benzene rings is 2. The summed E-state index contributed by atoms with van der Waals surface area (Å²) in [6, 6.07) is 15.3. The standard InChI is InChI=1S/C19H19NO4/c1-24-14-9-5-8-13(10-14)15-11-16(15)18(21)20-17(19(22)23)12-6-3-2-4-7-12/h2-10,15-17H,11H2,1H3,(H,20,21)(H,22,23). The summed E-state index contributed by atoms with van der Waals surface area (Å²) in [4.78, 5) is 23.9. The van der Waals surface area contributed by atoms with Crippen molar-refractivity contribution in [3.63, 3.8) is 0 Å². The van der Waals surface area contributed by atoms with Crippen molar-refractivity contribution in [3.8, 4) is 5.75 Å². The van der Waals surface area contributed by atoms with Crippen LogP contribution >= 0.6 is 0 Å². The summed E-state index contributed by atoms with van der Waals surface area (Å²) < 4.78 is 5.20. The van der Waals surface area contributed by atoms with Gasteiger partial charge in [-0.05, 0) is 35.6 Å². The van der Waals surface area contributed by atoms with E-state index < -0.39 is 12.0 Å². The molecule has 1 saturated carbocycles. The van der Waals surface area contributed by atoms with Gasteiger partial charge < -0.3 is 15.2 Å². The van der Waals surface area contributed by atoms with Gasteiger partial charge in [-0.15, -0.1) is 0 Å². The van der Waals surface area contributed by atoms with Crippen LogP contribution < -0.4 is 10.1 Å². The number of hydrogen-bond acceptors (Lipinski definition) is 3. The topological polar surface area (TPSA) is 75.6 Å². The Morgan fingerprint density at radius 2 is 1.92 bits per heavy atom. The van der Waals surface area contributed by atoms with Gasteiger partial charge in [0.15, 0.2) is 6.04 Å². The fourth-order valence-electron chi connectivity index (χ4n) is 2.91. The van der Waals surface area contributed by atoms with Gasteiger partial charge in [-0.2, -0.15) is 0 Å². The highest BCUT2D eigenvalue weighted by Crippen LogP contribution is 2.48. The zero-order valence-electron chi connectivity index (χ0n) is 13.3. The zero-order chi connectivity index (χ0) is 17.1. The number of methoxy groups -OCH3 is 1. The second-order valence-corrected chi connectivity index (χ2v) is 5.92. The summed E-state index contributed by atoms with van der Waals surface area (Å²) in [5.74, 6) is -0.605. The monoisotopic (exact) mass is 325 g/mol. The van der Waals surface area contributed by atoms with Crippen molar-refractivity contribution in [1.82, 2.24) is 5.32 Å². The van der Waals surface area contributed by atoms with E-state index >= 15 is 0 Å². The lowest BCUT2D eigenvalue weighted by molar-refractivity contribution is -0.142. The Hall–Kier alpha value is -2.82. The number of carboxylic acids is 1. The van der Waals surface area contributed by atoms with Crippen LogP contribution in [-0.2, 0) is 9.59 Å². The molecule has 0 heterocycles. The van der Waals surface area contributed by atoms with Crippen molar-refractivity contribution >= 4 is 11.9 Å². The zero-order valence-corrected chi connectivity index (χ0v) is 13.3. The predicted octanol–water partition coefficient (Wildman–Crippen LogP) is 2.74. The molecule has 0 saturated heterocycles. The number of rotatable bonds is 6. The third kappa shape index (κ3) is 3.40. The summed E-state index contributed by atoms with van der Waals surface area (Å²) in [5.41, 5.74) is 1.61. The molecule has 1 aliphatic carbocycles. The quantitative estimate of drug-likeness (QED) is 0.856. The average molecular weight is 325 g/mol. The second kappa shape index (κ2) is 6.74. The van der Waals surface area contributed by atoms with Gasteiger partial charge in [-0.3, -0.25) is 4.79 Å². The molecular formula is C19H19NO4. The lowest BCUT2D eigenvalue weighted by Crippen LogP contribution is -2.34. The molecule has 5 heteroatoms. The molecule has 2 aromatic rings. The molecule has 3 atom stereocenters. The van der Waals surface area contributed by atoms with Crippen molar-refractivity contribution in [2.45, 2.75) is 18.4 Å². The predicted molar refractivity (Wildman–Crippen MR) is 88.8 cm³/mol. The molecule has 0 aromatic heterocycles. The van der Waals surface area contributed by atoms with Gasteiger partial charge in [0, 0.05) is 5.92 Å². The molecule has 0 spiro atoms. The molecule has 3 rings (SSSR count). The molecule has 1 fully saturated rings. The summed E-state index contributed by atoms with van der Waals surface area (Å²) in [5, 5.41) is 12.1. The molecule has 24 heavy (non-hydrogen) atoms. The fraction of sp³-hybridized carbons (Fsp3) is 0.263. The van der Waals surface area contributed by atoms with Crippen molar-refractivity contribution in [2.24, 2.45) is 5.92 Å². The van der Waals surface area contributed by atoms with Gasteiger partial charge in [0.1, 0.15) is 5.75 Å². The van der Waals surface area contributed by atoms with Crippen molar-refractivity contribution < 1.29 is 19.4 Å². The van der Waals surface area contributed by atoms with E-state index in [2.05, 4.69) is 5.32 Å². The van der Waals surface area contributed by atoms with Crippen LogP contribution in [0.15, 0.2) is 54.6 Å². The largest absolute Gasteiger partial charge is 0.497 e. The molecule has 0 aliphatic heterocycles.